The van der Waals surface area contributed by atoms with E-state index >= 15 is 0 Å². The first-order valence-corrected chi connectivity index (χ1v) is 26.3. The predicted octanol–water partition coefficient (Wildman–Crippen LogP) is 19.9. The Morgan fingerprint density at radius 3 is 1.46 bits per heavy atom. The molecular formula is C72H56N4. The van der Waals surface area contributed by atoms with Gasteiger partial charge in [0.2, 0.25) is 0 Å². The fourth-order valence-corrected chi connectivity index (χ4v) is 10.5. The van der Waals surface area contributed by atoms with E-state index in [2.05, 4.69) is 291 Å². The third kappa shape index (κ3) is 9.56. The minimum absolute atomic E-state index is 0.674. The van der Waals surface area contributed by atoms with Gasteiger partial charge in [0.1, 0.15) is 0 Å². The number of aromatic nitrogens is 3. The van der Waals surface area contributed by atoms with Crippen molar-refractivity contribution < 1.29 is 0 Å². The average molecular weight is 977 g/mol. The molecule has 0 aliphatic rings. The van der Waals surface area contributed by atoms with Crippen LogP contribution >= 0.6 is 0 Å². The molecular weight excluding hydrogens is 921 g/mol. The van der Waals surface area contributed by atoms with Crippen molar-refractivity contribution in [3.8, 4) is 89.5 Å². The lowest BCUT2D eigenvalue weighted by atomic mass is 9.91. The molecule has 1 N–H and O–H groups in total. The molecule has 364 valence electrons. The maximum Gasteiger partial charge on any atom is 0.160 e. The number of allylic oxidation sites excluding steroid dienone is 4. The Hall–Kier alpha value is -9.64. The molecule has 12 rings (SSSR count). The van der Waals surface area contributed by atoms with E-state index in [1.807, 2.05) is 6.07 Å². The number of fused-ring (bicyclic) bond motifs is 3. The number of benzene rings is 10. The third-order valence-electron chi connectivity index (χ3n) is 14.2. The van der Waals surface area contributed by atoms with Crippen LogP contribution in [0.1, 0.15) is 26.7 Å². The average Bonchev–Trinajstić information content (AvgIpc) is 3.91. The molecule has 4 nitrogen and oxygen atoms in total. The Bertz CT molecular complexity index is 3990. The van der Waals surface area contributed by atoms with Crippen molar-refractivity contribution in [2.75, 3.05) is 5.32 Å². The molecule has 0 aliphatic carbocycles. The lowest BCUT2D eigenvalue weighted by Crippen LogP contribution is -2.01. The molecule has 0 spiro atoms. The zero-order chi connectivity index (χ0) is 51.2. The van der Waals surface area contributed by atoms with Gasteiger partial charge in [-0.2, -0.15) is 0 Å². The van der Waals surface area contributed by atoms with Crippen LogP contribution in [-0.4, -0.2) is 14.5 Å². The Labute approximate surface area is 445 Å². The van der Waals surface area contributed by atoms with Gasteiger partial charge >= 0.3 is 0 Å². The highest BCUT2D eigenvalue weighted by Gasteiger charge is 2.25. The van der Waals surface area contributed by atoms with Gasteiger partial charge in [-0.25, -0.2) is 9.97 Å². The highest BCUT2D eigenvalue weighted by Crippen LogP contribution is 2.47. The molecule has 10 aromatic carbocycles. The maximum absolute atomic E-state index is 5.55. The number of para-hydroxylation sites is 1. The van der Waals surface area contributed by atoms with E-state index in [9.17, 15) is 0 Å². The van der Waals surface area contributed by atoms with Crippen molar-refractivity contribution in [2.24, 2.45) is 0 Å². The van der Waals surface area contributed by atoms with Crippen molar-refractivity contribution in [3.63, 3.8) is 0 Å². The summed E-state index contributed by atoms with van der Waals surface area (Å²) in [6.45, 7) is 4.40. The van der Waals surface area contributed by atoms with Gasteiger partial charge in [0.25, 0.3) is 0 Å². The second-order valence-electron chi connectivity index (χ2n) is 19.2. The van der Waals surface area contributed by atoms with Crippen molar-refractivity contribution in [1.29, 1.82) is 0 Å². The largest absolute Gasteiger partial charge is 0.355 e. The van der Waals surface area contributed by atoms with E-state index in [0.717, 1.165) is 130 Å². The second-order valence-corrected chi connectivity index (χ2v) is 19.2. The number of anilines is 2. The first kappa shape index (κ1) is 47.4. The molecule has 2 heterocycles. The lowest BCUT2D eigenvalue weighted by Gasteiger charge is -2.18. The van der Waals surface area contributed by atoms with Gasteiger partial charge < -0.3 is 9.88 Å². The number of unbranched alkanes of at least 4 members (excludes halogenated alkanes) is 1. The summed E-state index contributed by atoms with van der Waals surface area (Å²) in [7, 11) is 0. The number of nitrogens with zero attached hydrogens (tertiary/aromatic N) is 3. The highest BCUT2D eigenvalue weighted by atomic mass is 15.0. The maximum atomic E-state index is 5.55. The molecule has 0 atom stereocenters. The molecule has 2 aromatic heterocycles. The number of hydrogen-bond donors (Lipinski definition) is 1. The summed E-state index contributed by atoms with van der Waals surface area (Å²) in [5.74, 6) is 0.674. The van der Waals surface area contributed by atoms with E-state index in [0.29, 0.717) is 5.82 Å². The monoisotopic (exact) mass is 976 g/mol. The molecule has 0 amide bonds. The standard InChI is InChI=1S/C72H56N4/c1-3-5-12-40-61(4-2)76-70-63(57-37-25-36-56(43-57)62-44-55(50-26-13-6-14-27-50)41-42-67(62)73-60-38-23-11-24-39-60)45-58(51-28-15-7-16-29-51)46-64(70)65-47-59(52-30-17-8-18-31-52)48-66(71(65)76)69-49-68(53-32-19-9-20-33-53)74-72(75-69)54-34-21-10-22-35-54/h4,6-49,73H,3,5H2,1-2H3/b40-12-,61-4+. The van der Waals surface area contributed by atoms with Crippen molar-refractivity contribution >= 4 is 38.9 Å². The summed E-state index contributed by atoms with van der Waals surface area (Å²) < 4.78 is 2.52. The van der Waals surface area contributed by atoms with Crippen LogP contribution in [0.15, 0.2) is 273 Å². The Morgan fingerprint density at radius 1 is 0.408 bits per heavy atom. The van der Waals surface area contributed by atoms with Gasteiger partial charge in [-0.15, -0.1) is 0 Å². The topological polar surface area (TPSA) is 42.7 Å². The van der Waals surface area contributed by atoms with Crippen LogP contribution in [-0.2, 0) is 0 Å². The molecule has 0 saturated carbocycles. The normalized spacial score (nSPS) is 11.7. The van der Waals surface area contributed by atoms with Crippen LogP contribution in [0.4, 0.5) is 11.4 Å². The van der Waals surface area contributed by atoms with Crippen LogP contribution in [0.5, 0.6) is 0 Å². The van der Waals surface area contributed by atoms with Gasteiger partial charge in [0.05, 0.1) is 22.4 Å². The van der Waals surface area contributed by atoms with Crippen LogP contribution in [0.25, 0.3) is 117 Å². The van der Waals surface area contributed by atoms with E-state index in [1.54, 1.807) is 0 Å². The quantitative estimate of drug-likeness (QED) is 0.110. The van der Waals surface area contributed by atoms with Gasteiger partial charge in [-0.1, -0.05) is 220 Å². The summed E-state index contributed by atoms with van der Waals surface area (Å²) in [6, 6.07) is 91.1. The van der Waals surface area contributed by atoms with E-state index < -0.39 is 0 Å². The highest BCUT2D eigenvalue weighted by molar-refractivity contribution is 6.20. The molecule has 0 saturated heterocycles. The Kier molecular flexibility index (Phi) is 13.4. The van der Waals surface area contributed by atoms with Gasteiger partial charge in [-0.3, -0.25) is 0 Å². The first-order chi connectivity index (χ1) is 37.6. The first-order valence-electron chi connectivity index (χ1n) is 26.3. The molecule has 0 aliphatic heterocycles. The lowest BCUT2D eigenvalue weighted by molar-refractivity contribution is 0.958. The van der Waals surface area contributed by atoms with Gasteiger partial charge in [-0.05, 0) is 125 Å². The number of rotatable bonds is 14. The molecule has 0 radical (unpaired) electrons. The Morgan fingerprint density at radius 2 is 0.882 bits per heavy atom. The smallest absolute Gasteiger partial charge is 0.160 e. The summed E-state index contributed by atoms with van der Waals surface area (Å²) in [5, 5.41) is 6.07. The molecule has 0 unspecified atom stereocenters. The fourth-order valence-electron chi connectivity index (χ4n) is 10.5. The SMILES string of the molecule is C/C=C(\C=C/CCC)n1c2c(-c3cccc(-c4cc(-c5ccccc5)ccc4Nc4ccccc4)c3)cc(-c3ccccc3)cc2c2cc(-c3ccccc3)cc(-c3cc(-c4ccccc4)nc(-c4ccccc4)n3)c21. The number of hydrogen-bond acceptors (Lipinski definition) is 3. The zero-order valence-electron chi connectivity index (χ0n) is 42.7. The molecule has 4 heteroatoms. The van der Waals surface area contributed by atoms with Crippen molar-refractivity contribution in [3.05, 3.63) is 273 Å². The third-order valence-corrected chi connectivity index (χ3v) is 14.2. The molecule has 12 aromatic rings. The summed E-state index contributed by atoms with van der Waals surface area (Å²) in [5.41, 5.74) is 21.4. The van der Waals surface area contributed by atoms with Gasteiger partial charge in [0.15, 0.2) is 5.82 Å². The minimum Gasteiger partial charge on any atom is -0.355 e. The fraction of sp³-hybridized carbons (Fsp3) is 0.0556. The summed E-state index contributed by atoms with van der Waals surface area (Å²) in [6.07, 6.45) is 8.89. The second kappa shape index (κ2) is 21.4. The van der Waals surface area contributed by atoms with Crippen molar-refractivity contribution in [2.45, 2.75) is 26.7 Å². The van der Waals surface area contributed by atoms with Crippen LogP contribution in [0.2, 0.25) is 0 Å². The summed E-state index contributed by atoms with van der Waals surface area (Å²) >= 11 is 0. The molecule has 0 bridgehead atoms. The van der Waals surface area contributed by atoms with E-state index in [-0.39, 0.29) is 0 Å². The van der Waals surface area contributed by atoms with Crippen LogP contribution in [0.3, 0.4) is 0 Å². The van der Waals surface area contributed by atoms with Crippen molar-refractivity contribution in [1.82, 2.24) is 14.5 Å². The number of nitrogens with one attached hydrogen (secondary N) is 1. The van der Waals surface area contributed by atoms with Gasteiger partial charge in [0, 0.05) is 55.7 Å². The van der Waals surface area contributed by atoms with Crippen LogP contribution in [0, 0.1) is 0 Å². The van der Waals surface area contributed by atoms with E-state index in [4.69, 9.17) is 9.97 Å². The molecule has 0 fully saturated rings. The minimum atomic E-state index is 0.674. The predicted molar refractivity (Wildman–Crippen MR) is 322 cm³/mol. The Balaban J connectivity index is 1.19. The zero-order valence-corrected chi connectivity index (χ0v) is 42.7. The van der Waals surface area contributed by atoms with E-state index in [1.165, 1.54) is 5.56 Å². The van der Waals surface area contributed by atoms with Crippen LogP contribution < -0.4 is 5.32 Å². The summed E-state index contributed by atoms with van der Waals surface area (Å²) in [4.78, 5) is 10.8. The molecule has 76 heavy (non-hydrogen) atoms.